The van der Waals surface area contributed by atoms with Crippen LogP contribution in [0.15, 0.2) is 48.5 Å². The fraction of sp³-hybridized carbons (Fsp3) is 0.111. The lowest BCUT2D eigenvalue weighted by molar-refractivity contribution is 0.102. The number of aryl methyl sites for hydroxylation is 2. The van der Waals surface area contributed by atoms with Crippen molar-refractivity contribution in [3.05, 3.63) is 70.4 Å². The molecule has 1 aromatic heterocycles. The van der Waals surface area contributed by atoms with E-state index in [-0.39, 0.29) is 5.91 Å². The first-order chi connectivity index (χ1) is 11.0. The van der Waals surface area contributed by atoms with Crippen molar-refractivity contribution >= 4 is 23.2 Å². The molecule has 2 aromatic carbocycles. The second-order valence-corrected chi connectivity index (χ2v) is 5.86. The number of nitrogens with one attached hydrogen (secondary N) is 2. The number of hydrogen-bond donors (Lipinski definition) is 2. The summed E-state index contributed by atoms with van der Waals surface area (Å²) in [5.41, 5.74) is 4.89. The normalized spacial score (nSPS) is 10.6. The van der Waals surface area contributed by atoms with Gasteiger partial charge in [-0.25, -0.2) is 0 Å². The van der Waals surface area contributed by atoms with Gasteiger partial charge < -0.3 is 5.32 Å². The number of amides is 1. The van der Waals surface area contributed by atoms with Crippen molar-refractivity contribution in [2.45, 2.75) is 13.8 Å². The molecule has 3 aromatic rings. The van der Waals surface area contributed by atoms with E-state index in [0.717, 1.165) is 16.8 Å². The minimum absolute atomic E-state index is 0.254. The molecule has 2 N–H and O–H groups in total. The third kappa shape index (κ3) is 3.43. The number of nitrogens with zero attached hydrogens (tertiary/aromatic N) is 1. The summed E-state index contributed by atoms with van der Waals surface area (Å²) >= 11 is 6.07. The van der Waals surface area contributed by atoms with E-state index in [0.29, 0.717) is 16.4 Å². The van der Waals surface area contributed by atoms with Gasteiger partial charge in [-0.1, -0.05) is 47.5 Å². The smallest absolute Gasteiger partial charge is 0.273 e. The summed E-state index contributed by atoms with van der Waals surface area (Å²) < 4.78 is 0. The second kappa shape index (κ2) is 6.26. The van der Waals surface area contributed by atoms with Crippen LogP contribution in [0.4, 0.5) is 5.69 Å². The van der Waals surface area contributed by atoms with Crippen LogP contribution in [0.1, 0.15) is 21.6 Å². The molecule has 4 nitrogen and oxygen atoms in total. The van der Waals surface area contributed by atoms with Crippen LogP contribution in [0.25, 0.3) is 11.3 Å². The number of carbonyl (C=O) groups excluding carboxylic acids is 1. The fourth-order valence-electron chi connectivity index (χ4n) is 2.18. The molecular weight excluding hydrogens is 310 g/mol. The van der Waals surface area contributed by atoms with Gasteiger partial charge in [0.2, 0.25) is 0 Å². The van der Waals surface area contributed by atoms with Crippen molar-refractivity contribution in [3.63, 3.8) is 0 Å². The number of halogens is 1. The van der Waals surface area contributed by atoms with Gasteiger partial charge in [-0.3, -0.25) is 9.89 Å². The second-order valence-electron chi connectivity index (χ2n) is 5.45. The molecule has 1 heterocycles. The summed E-state index contributed by atoms with van der Waals surface area (Å²) in [5, 5.41) is 10.4. The quantitative estimate of drug-likeness (QED) is 0.739. The van der Waals surface area contributed by atoms with Crippen molar-refractivity contribution in [3.8, 4) is 11.3 Å². The zero-order valence-corrected chi connectivity index (χ0v) is 13.6. The van der Waals surface area contributed by atoms with Gasteiger partial charge in [0.1, 0.15) is 5.69 Å². The van der Waals surface area contributed by atoms with Gasteiger partial charge in [0.15, 0.2) is 0 Å². The molecule has 23 heavy (non-hydrogen) atoms. The molecule has 0 radical (unpaired) electrons. The maximum absolute atomic E-state index is 12.3. The molecule has 3 rings (SSSR count). The molecule has 0 aliphatic carbocycles. The summed E-state index contributed by atoms with van der Waals surface area (Å²) in [6.07, 6.45) is 0. The summed E-state index contributed by atoms with van der Waals surface area (Å²) in [6, 6.07) is 15.1. The molecule has 116 valence electrons. The number of H-pyrrole nitrogens is 1. The van der Waals surface area contributed by atoms with Crippen LogP contribution < -0.4 is 5.32 Å². The third-order valence-corrected chi connectivity index (χ3v) is 4.01. The van der Waals surface area contributed by atoms with Crippen LogP contribution in [0.5, 0.6) is 0 Å². The maximum Gasteiger partial charge on any atom is 0.273 e. The summed E-state index contributed by atoms with van der Waals surface area (Å²) in [4.78, 5) is 12.3. The van der Waals surface area contributed by atoms with E-state index in [1.54, 1.807) is 12.1 Å². The standard InChI is InChI=1S/C18H16ClN3O/c1-11-3-6-13(7-4-11)16-10-17(22-21-16)18(23)20-14-8-5-12(2)15(19)9-14/h3-10H,1-2H3,(H,20,23)(H,21,22). The van der Waals surface area contributed by atoms with Crippen molar-refractivity contribution in [2.75, 3.05) is 5.32 Å². The van der Waals surface area contributed by atoms with Crippen LogP contribution in [0.3, 0.4) is 0 Å². The molecule has 0 aliphatic rings. The van der Waals surface area contributed by atoms with Crippen molar-refractivity contribution < 1.29 is 4.79 Å². The molecule has 0 atom stereocenters. The fourth-order valence-corrected chi connectivity index (χ4v) is 2.36. The van der Waals surface area contributed by atoms with E-state index in [1.807, 2.05) is 50.2 Å². The number of benzene rings is 2. The highest BCUT2D eigenvalue weighted by Crippen LogP contribution is 2.21. The van der Waals surface area contributed by atoms with E-state index in [1.165, 1.54) is 5.56 Å². The number of anilines is 1. The Balaban J connectivity index is 1.78. The number of aromatic amines is 1. The third-order valence-electron chi connectivity index (χ3n) is 3.60. The zero-order valence-electron chi connectivity index (χ0n) is 12.9. The predicted octanol–water partition coefficient (Wildman–Crippen LogP) is 4.60. The van der Waals surface area contributed by atoms with Crippen LogP contribution in [-0.4, -0.2) is 16.1 Å². The molecule has 1 amide bonds. The Morgan fingerprint density at radius 2 is 1.83 bits per heavy atom. The van der Waals surface area contributed by atoms with E-state index in [9.17, 15) is 4.79 Å². The number of hydrogen-bond acceptors (Lipinski definition) is 2. The van der Waals surface area contributed by atoms with Crippen molar-refractivity contribution in [1.29, 1.82) is 0 Å². The van der Waals surface area contributed by atoms with Crippen molar-refractivity contribution in [2.24, 2.45) is 0 Å². The Morgan fingerprint density at radius 1 is 1.09 bits per heavy atom. The largest absolute Gasteiger partial charge is 0.321 e. The van der Waals surface area contributed by atoms with Gasteiger partial charge in [-0.15, -0.1) is 0 Å². The van der Waals surface area contributed by atoms with Crippen LogP contribution in [-0.2, 0) is 0 Å². The minimum atomic E-state index is -0.254. The molecule has 0 aliphatic heterocycles. The molecule has 0 fully saturated rings. The van der Waals surface area contributed by atoms with Gasteiger partial charge in [0.05, 0.1) is 5.69 Å². The van der Waals surface area contributed by atoms with E-state index in [4.69, 9.17) is 11.6 Å². The predicted molar refractivity (Wildman–Crippen MR) is 92.9 cm³/mol. The lowest BCUT2D eigenvalue weighted by Gasteiger charge is -2.05. The Hall–Kier alpha value is -2.59. The summed E-state index contributed by atoms with van der Waals surface area (Å²) in [5.74, 6) is -0.254. The highest BCUT2D eigenvalue weighted by Gasteiger charge is 2.11. The molecular formula is C18H16ClN3O. The first-order valence-electron chi connectivity index (χ1n) is 7.23. The SMILES string of the molecule is Cc1ccc(-c2cc(C(=O)Nc3ccc(C)c(Cl)c3)[nH]n2)cc1. The number of rotatable bonds is 3. The van der Waals surface area contributed by atoms with Gasteiger partial charge in [0, 0.05) is 16.3 Å². The number of aromatic nitrogens is 2. The van der Waals surface area contributed by atoms with Crippen LogP contribution >= 0.6 is 11.6 Å². The van der Waals surface area contributed by atoms with Crippen LogP contribution in [0, 0.1) is 13.8 Å². The minimum Gasteiger partial charge on any atom is -0.321 e. The van der Waals surface area contributed by atoms with Gasteiger partial charge in [0.25, 0.3) is 5.91 Å². The van der Waals surface area contributed by atoms with E-state index >= 15 is 0 Å². The first kappa shape index (κ1) is 15.3. The lowest BCUT2D eigenvalue weighted by Crippen LogP contribution is -2.12. The maximum atomic E-state index is 12.3. The molecule has 0 spiro atoms. The lowest BCUT2D eigenvalue weighted by atomic mass is 10.1. The summed E-state index contributed by atoms with van der Waals surface area (Å²) in [6.45, 7) is 3.94. The Morgan fingerprint density at radius 3 is 2.52 bits per heavy atom. The zero-order chi connectivity index (χ0) is 16.4. The molecule has 5 heteroatoms. The highest BCUT2D eigenvalue weighted by molar-refractivity contribution is 6.31. The molecule has 0 unspecified atom stereocenters. The van der Waals surface area contributed by atoms with Gasteiger partial charge in [-0.2, -0.15) is 5.10 Å². The Kier molecular flexibility index (Phi) is 4.17. The Bertz CT molecular complexity index is 853. The van der Waals surface area contributed by atoms with E-state index < -0.39 is 0 Å². The summed E-state index contributed by atoms with van der Waals surface area (Å²) in [7, 11) is 0. The topological polar surface area (TPSA) is 57.8 Å². The Labute approximate surface area is 139 Å². The molecule has 0 saturated heterocycles. The molecule has 0 bridgehead atoms. The van der Waals surface area contributed by atoms with Gasteiger partial charge in [-0.05, 0) is 37.6 Å². The molecule has 0 saturated carbocycles. The van der Waals surface area contributed by atoms with E-state index in [2.05, 4.69) is 15.5 Å². The first-order valence-corrected chi connectivity index (χ1v) is 7.61. The highest BCUT2D eigenvalue weighted by atomic mass is 35.5. The average molecular weight is 326 g/mol. The van der Waals surface area contributed by atoms with Gasteiger partial charge >= 0.3 is 0 Å². The monoisotopic (exact) mass is 325 g/mol. The van der Waals surface area contributed by atoms with Crippen molar-refractivity contribution in [1.82, 2.24) is 10.2 Å². The van der Waals surface area contributed by atoms with Crippen LogP contribution in [0.2, 0.25) is 5.02 Å². The number of carbonyl (C=O) groups is 1. The average Bonchev–Trinajstić information content (AvgIpc) is 3.02.